The number of carbonyl (C=O) groups excluding carboxylic acids is 2. The second-order valence-corrected chi connectivity index (χ2v) is 7.35. The van der Waals surface area contributed by atoms with Crippen molar-refractivity contribution < 1.29 is 14.3 Å². The zero-order chi connectivity index (χ0) is 19.3. The topological polar surface area (TPSA) is 93.2 Å². The Hall–Kier alpha value is -3.00. The highest BCUT2D eigenvalue weighted by Gasteiger charge is 2.26. The fraction of sp³-hybridized carbons (Fsp3) is 0.300. The van der Waals surface area contributed by atoms with Crippen LogP contribution in [0.25, 0.3) is 11.0 Å². The smallest absolute Gasteiger partial charge is 0.411 e. The van der Waals surface area contributed by atoms with Crippen molar-refractivity contribution in [1.82, 2.24) is 14.1 Å². The maximum Gasteiger partial charge on any atom is 0.411 e. The molecule has 1 fully saturated rings. The fourth-order valence-corrected chi connectivity index (χ4v) is 3.91. The van der Waals surface area contributed by atoms with Crippen LogP contribution in [-0.2, 0) is 4.74 Å². The SMILES string of the molecule is O=C(Nc1ccccc1)O[C@@H]1CCC[C@@H](NC(=O)c2ccc3nsnc3c2)C1. The van der Waals surface area contributed by atoms with E-state index in [-0.39, 0.29) is 18.1 Å². The van der Waals surface area contributed by atoms with Gasteiger partial charge in [-0.3, -0.25) is 10.1 Å². The minimum absolute atomic E-state index is 0.0277. The minimum atomic E-state index is -0.468. The zero-order valence-electron chi connectivity index (χ0n) is 15.1. The number of hydrogen-bond donors (Lipinski definition) is 2. The third-order valence-corrected chi connectivity index (χ3v) is 5.33. The van der Waals surface area contributed by atoms with Crippen molar-refractivity contribution in [2.24, 2.45) is 0 Å². The lowest BCUT2D eigenvalue weighted by Crippen LogP contribution is -2.41. The van der Waals surface area contributed by atoms with Crippen molar-refractivity contribution >= 4 is 40.4 Å². The molecule has 1 aliphatic rings. The van der Waals surface area contributed by atoms with E-state index in [2.05, 4.69) is 19.4 Å². The largest absolute Gasteiger partial charge is 0.446 e. The zero-order valence-corrected chi connectivity index (χ0v) is 15.9. The maximum absolute atomic E-state index is 12.6. The Labute approximate surface area is 166 Å². The molecule has 28 heavy (non-hydrogen) atoms. The van der Waals surface area contributed by atoms with E-state index in [0.29, 0.717) is 17.7 Å². The lowest BCUT2D eigenvalue weighted by atomic mass is 9.92. The molecule has 4 rings (SSSR count). The third-order valence-electron chi connectivity index (χ3n) is 4.77. The van der Waals surface area contributed by atoms with Crippen LogP contribution in [0.1, 0.15) is 36.0 Å². The highest BCUT2D eigenvalue weighted by atomic mass is 32.1. The number of nitrogens with one attached hydrogen (secondary N) is 2. The molecule has 3 aromatic rings. The molecule has 1 heterocycles. The summed E-state index contributed by atoms with van der Waals surface area (Å²) in [5.74, 6) is -0.144. The summed E-state index contributed by atoms with van der Waals surface area (Å²) in [6.07, 6.45) is 2.48. The molecule has 2 aromatic carbocycles. The van der Waals surface area contributed by atoms with Gasteiger partial charge in [-0.15, -0.1) is 0 Å². The highest BCUT2D eigenvalue weighted by molar-refractivity contribution is 7.00. The van der Waals surface area contributed by atoms with Crippen molar-refractivity contribution in [3.8, 4) is 0 Å². The summed E-state index contributed by atoms with van der Waals surface area (Å²) in [4.78, 5) is 24.7. The van der Waals surface area contributed by atoms with Gasteiger partial charge >= 0.3 is 6.09 Å². The number of anilines is 1. The molecule has 0 bridgehead atoms. The second kappa shape index (κ2) is 8.35. The number of amides is 2. The van der Waals surface area contributed by atoms with Crippen LogP contribution in [-0.4, -0.2) is 32.9 Å². The van der Waals surface area contributed by atoms with Gasteiger partial charge in [0.1, 0.15) is 17.1 Å². The van der Waals surface area contributed by atoms with E-state index in [1.807, 2.05) is 18.2 Å². The van der Waals surface area contributed by atoms with Crippen LogP contribution in [0.15, 0.2) is 48.5 Å². The third kappa shape index (κ3) is 4.45. The lowest BCUT2D eigenvalue weighted by Gasteiger charge is -2.29. The number of carbonyl (C=O) groups is 2. The first-order valence-corrected chi connectivity index (χ1v) is 9.96. The summed E-state index contributed by atoms with van der Waals surface area (Å²) in [5.41, 5.74) is 2.77. The predicted octanol–water partition coefficient (Wildman–Crippen LogP) is 3.98. The Balaban J connectivity index is 1.31. The lowest BCUT2D eigenvalue weighted by molar-refractivity contribution is 0.0712. The molecule has 0 spiro atoms. The average Bonchev–Trinajstić information content (AvgIpc) is 3.16. The van der Waals surface area contributed by atoms with E-state index in [4.69, 9.17) is 4.74 Å². The standard InChI is InChI=1S/C20H20N4O3S/c25-19(13-9-10-17-18(11-13)24-28-23-17)21-15-7-4-8-16(12-15)27-20(26)22-14-5-2-1-3-6-14/h1-3,5-6,9-11,15-16H,4,7-8,12H2,(H,21,25)(H,22,26)/t15-,16-/m1/s1. The Kier molecular flexibility index (Phi) is 5.48. The van der Waals surface area contributed by atoms with E-state index in [1.54, 1.807) is 30.3 Å². The van der Waals surface area contributed by atoms with Gasteiger partial charge in [0.05, 0.1) is 11.7 Å². The first-order chi connectivity index (χ1) is 13.7. The van der Waals surface area contributed by atoms with Gasteiger partial charge in [0.15, 0.2) is 0 Å². The number of benzene rings is 2. The van der Waals surface area contributed by atoms with Gasteiger partial charge in [0.2, 0.25) is 0 Å². The van der Waals surface area contributed by atoms with Gasteiger partial charge in [0.25, 0.3) is 5.91 Å². The Morgan fingerprint density at radius 2 is 1.86 bits per heavy atom. The van der Waals surface area contributed by atoms with Gasteiger partial charge in [0, 0.05) is 23.7 Å². The Morgan fingerprint density at radius 1 is 1.04 bits per heavy atom. The summed E-state index contributed by atoms with van der Waals surface area (Å²) in [6, 6.07) is 14.5. The monoisotopic (exact) mass is 396 g/mol. The van der Waals surface area contributed by atoms with Crippen LogP contribution >= 0.6 is 11.7 Å². The molecule has 0 saturated heterocycles. The molecule has 1 saturated carbocycles. The van der Waals surface area contributed by atoms with E-state index in [0.717, 1.165) is 42.0 Å². The highest BCUT2D eigenvalue weighted by Crippen LogP contribution is 2.23. The van der Waals surface area contributed by atoms with Crippen LogP contribution < -0.4 is 10.6 Å². The molecule has 0 aliphatic heterocycles. The number of aromatic nitrogens is 2. The van der Waals surface area contributed by atoms with Crippen LogP contribution in [0.2, 0.25) is 0 Å². The van der Waals surface area contributed by atoms with Gasteiger partial charge in [-0.05, 0) is 49.6 Å². The molecule has 8 heteroatoms. The van der Waals surface area contributed by atoms with Crippen LogP contribution in [0, 0.1) is 0 Å². The fourth-order valence-electron chi connectivity index (χ4n) is 3.40. The maximum atomic E-state index is 12.6. The molecule has 0 radical (unpaired) electrons. The van der Waals surface area contributed by atoms with Crippen molar-refractivity contribution in [2.45, 2.75) is 37.8 Å². The van der Waals surface area contributed by atoms with Crippen molar-refractivity contribution in [1.29, 1.82) is 0 Å². The Morgan fingerprint density at radius 3 is 2.71 bits per heavy atom. The van der Waals surface area contributed by atoms with E-state index in [1.165, 1.54) is 0 Å². The van der Waals surface area contributed by atoms with Gasteiger partial charge in [-0.25, -0.2) is 4.79 Å². The van der Waals surface area contributed by atoms with Gasteiger partial charge in [-0.2, -0.15) is 8.75 Å². The minimum Gasteiger partial charge on any atom is -0.446 e. The first kappa shape index (κ1) is 18.4. The second-order valence-electron chi connectivity index (χ2n) is 6.82. The first-order valence-electron chi connectivity index (χ1n) is 9.23. The summed E-state index contributed by atoms with van der Waals surface area (Å²) < 4.78 is 13.9. The molecular formula is C20H20N4O3S. The van der Waals surface area contributed by atoms with Crippen molar-refractivity contribution in [3.63, 3.8) is 0 Å². The predicted molar refractivity (Wildman–Crippen MR) is 107 cm³/mol. The molecule has 2 atom stereocenters. The van der Waals surface area contributed by atoms with Crippen LogP contribution in [0.3, 0.4) is 0 Å². The number of para-hydroxylation sites is 1. The van der Waals surface area contributed by atoms with E-state index < -0.39 is 6.09 Å². The summed E-state index contributed by atoms with van der Waals surface area (Å²) in [6.45, 7) is 0. The van der Waals surface area contributed by atoms with E-state index >= 15 is 0 Å². The normalized spacial score (nSPS) is 19.1. The van der Waals surface area contributed by atoms with Gasteiger partial charge in [-0.1, -0.05) is 18.2 Å². The molecule has 144 valence electrons. The average molecular weight is 396 g/mol. The quantitative estimate of drug-likeness (QED) is 0.696. The number of ether oxygens (including phenoxy) is 1. The molecular weight excluding hydrogens is 376 g/mol. The van der Waals surface area contributed by atoms with Crippen molar-refractivity contribution in [2.75, 3.05) is 5.32 Å². The Bertz CT molecular complexity index is 976. The summed E-state index contributed by atoms with van der Waals surface area (Å²) >= 11 is 1.13. The molecule has 1 aliphatic carbocycles. The van der Waals surface area contributed by atoms with E-state index in [9.17, 15) is 9.59 Å². The number of fused-ring (bicyclic) bond motifs is 1. The van der Waals surface area contributed by atoms with Crippen molar-refractivity contribution in [3.05, 3.63) is 54.1 Å². The summed E-state index contributed by atoms with van der Waals surface area (Å²) in [7, 11) is 0. The molecule has 1 aromatic heterocycles. The van der Waals surface area contributed by atoms with Crippen LogP contribution in [0.5, 0.6) is 0 Å². The van der Waals surface area contributed by atoms with Crippen LogP contribution in [0.4, 0.5) is 10.5 Å². The number of hydrogen-bond acceptors (Lipinski definition) is 6. The number of nitrogens with zero attached hydrogens (tertiary/aromatic N) is 2. The molecule has 7 nitrogen and oxygen atoms in total. The van der Waals surface area contributed by atoms with Gasteiger partial charge < -0.3 is 10.1 Å². The molecule has 2 amide bonds. The number of rotatable bonds is 4. The molecule has 0 unspecified atom stereocenters. The molecule has 2 N–H and O–H groups in total. The summed E-state index contributed by atoms with van der Waals surface area (Å²) in [5, 5.41) is 5.77.